The average Bonchev–Trinajstić information content (AvgIpc) is 2.62. The van der Waals surface area contributed by atoms with E-state index >= 15 is 0 Å². The fraction of sp³-hybridized carbons (Fsp3) is 0.125. The first-order valence-corrected chi connectivity index (χ1v) is 8.79. The highest BCUT2D eigenvalue weighted by molar-refractivity contribution is 7.88. The van der Waals surface area contributed by atoms with Gasteiger partial charge in [0.2, 0.25) is 0 Å². The summed E-state index contributed by atoms with van der Waals surface area (Å²) in [5, 5.41) is 4.76. The summed E-state index contributed by atoms with van der Waals surface area (Å²) in [4.78, 5) is 12.1. The highest BCUT2D eigenvalue weighted by Gasteiger charge is 2.49. The van der Waals surface area contributed by atoms with Gasteiger partial charge in [0.1, 0.15) is 12.4 Å². The van der Waals surface area contributed by atoms with E-state index < -0.39 is 27.1 Å². The van der Waals surface area contributed by atoms with Crippen LogP contribution in [0.2, 0.25) is 0 Å². The van der Waals surface area contributed by atoms with Gasteiger partial charge in [0, 0.05) is 0 Å². The molecule has 0 amide bonds. The molecule has 7 nitrogen and oxygen atoms in total. The highest BCUT2D eigenvalue weighted by atomic mass is 32.2. The number of ether oxygens (including phenoxy) is 1. The Bertz CT molecular complexity index is 1130. The number of benzene rings is 2. The molecule has 3 rings (SSSR count). The molecule has 0 aliphatic carbocycles. The van der Waals surface area contributed by atoms with Crippen LogP contribution in [0.4, 0.5) is 13.2 Å². The van der Waals surface area contributed by atoms with E-state index in [1.165, 1.54) is 18.2 Å². The molecule has 0 radical (unpaired) electrons. The van der Waals surface area contributed by atoms with Gasteiger partial charge in [0.05, 0.1) is 10.8 Å². The molecule has 0 saturated heterocycles. The van der Waals surface area contributed by atoms with Crippen LogP contribution in [-0.2, 0) is 16.7 Å². The number of H-pyrrole nitrogens is 1. The largest absolute Gasteiger partial charge is 0.534 e. The van der Waals surface area contributed by atoms with Gasteiger partial charge in [-0.05, 0) is 17.7 Å². The van der Waals surface area contributed by atoms with Crippen LogP contribution in [0.25, 0.3) is 10.8 Å². The van der Waals surface area contributed by atoms with Crippen molar-refractivity contribution in [1.82, 2.24) is 10.2 Å². The Kier molecular flexibility index (Phi) is 4.79. The number of hydrogen-bond acceptors (Lipinski definition) is 6. The summed E-state index contributed by atoms with van der Waals surface area (Å²) < 4.78 is 69.7. The minimum absolute atomic E-state index is 0.0364. The SMILES string of the molecule is O=c1[nH]nc(OS(=O)(=O)C(F)(F)F)c2cccc(OCc3ccccc3)c12. The molecule has 0 fully saturated rings. The van der Waals surface area contributed by atoms with Gasteiger partial charge in [0.15, 0.2) is 0 Å². The van der Waals surface area contributed by atoms with Crippen molar-refractivity contribution in [2.45, 2.75) is 12.1 Å². The van der Waals surface area contributed by atoms with Gasteiger partial charge < -0.3 is 8.92 Å². The van der Waals surface area contributed by atoms with E-state index in [2.05, 4.69) is 9.28 Å². The maximum Gasteiger partial charge on any atom is 0.534 e. The number of nitrogens with zero attached hydrogens (tertiary/aromatic N) is 1. The number of aromatic amines is 1. The Morgan fingerprint density at radius 2 is 1.74 bits per heavy atom. The van der Waals surface area contributed by atoms with Crippen LogP contribution in [0, 0.1) is 0 Å². The number of hydrogen-bond donors (Lipinski definition) is 1. The number of fused-ring (bicyclic) bond motifs is 1. The third-order valence-electron chi connectivity index (χ3n) is 3.45. The zero-order valence-electron chi connectivity index (χ0n) is 13.4. The Labute approximate surface area is 150 Å². The topological polar surface area (TPSA) is 98.4 Å². The van der Waals surface area contributed by atoms with E-state index in [-0.39, 0.29) is 23.1 Å². The molecule has 0 unspecified atom stereocenters. The summed E-state index contributed by atoms with van der Waals surface area (Å²) in [6, 6.07) is 12.9. The molecule has 142 valence electrons. The minimum atomic E-state index is -5.95. The van der Waals surface area contributed by atoms with Gasteiger partial charge in [-0.3, -0.25) is 4.79 Å². The fourth-order valence-electron chi connectivity index (χ4n) is 2.23. The second kappa shape index (κ2) is 6.91. The lowest BCUT2D eigenvalue weighted by Gasteiger charge is -2.12. The van der Waals surface area contributed by atoms with Crippen molar-refractivity contribution in [2.24, 2.45) is 0 Å². The van der Waals surface area contributed by atoms with Gasteiger partial charge in [-0.1, -0.05) is 36.4 Å². The highest BCUT2D eigenvalue weighted by Crippen LogP contribution is 2.32. The van der Waals surface area contributed by atoms with Crippen molar-refractivity contribution in [3.05, 3.63) is 64.4 Å². The Balaban J connectivity index is 2.02. The molecule has 0 aliphatic rings. The van der Waals surface area contributed by atoms with E-state index in [1.54, 1.807) is 24.3 Å². The van der Waals surface area contributed by atoms with Crippen molar-refractivity contribution in [3.8, 4) is 11.6 Å². The van der Waals surface area contributed by atoms with Crippen LogP contribution < -0.4 is 14.5 Å². The molecule has 27 heavy (non-hydrogen) atoms. The predicted molar refractivity (Wildman–Crippen MR) is 88.7 cm³/mol. The molecule has 0 bridgehead atoms. The molecular weight excluding hydrogens is 389 g/mol. The summed E-state index contributed by atoms with van der Waals surface area (Å²) in [5.74, 6) is -0.874. The average molecular weight is 400 g/mol. The number of nitrogens with one attached hydrogen (secondary N) is 1. The van der Waals surface area contributed by atoms with Crippen LogP contribution in [0.3, 0.4) is 0 Å². The van der Waals surface area contributed by atoms with Crippen LogP contribution >= 0.6 is 0 Å². The first kappa shape index (κ1) is 18.7. The standard InChI is InChI=1S/C16H11F3N2O5S/c17-16(18,19)27(23,24)26-15-11-7-4-8-12(13(11)14(22)20-21-15)25-9-10-5-2-1-3-6-10/h1-8H,9H2,(H,20,22). The lowest BCUT2D eigenvalue weighted by atomic mass is 10.1. The third-order valence-corrected chi connectivity index (χ3v) is 4.40. The van der Waals surface area contributed by atoms with Crippen molar-refractivity contribution < 1.29 is 30.5 Å². The second-order valence-corrected chi connectivity index (χ2v) is 6.83. The van der Waals surface area contributed by atoms with E-state index in [9.17, 15) is 26.4 Å². The second-order valence-electron chi connectivity index (χ2n) is 5.29. The van der Waals surface area contributed by atoms with Crippen LogP contribution in [-0.4, -0.2) is 24.1 Å². The summed E-state index contributed by atoms with van der Waals surface area (Å²) in [6.07, 6.45) is 0. The smallest absolute Gasteiger partial charge is 0.488 e. The molecular formula is C16H11F3N2O5S. The normalized spacial score (nSPS) is 12.1. The number of aromatic nitrogens is 2. The van der Waals surface area contributed by atoms with E-state index in [0.29, 0.717) is 0 Å². The maximum absolute atomic E-state index is 12.5. The quantitative estimate of drug-likeness (QED) is 0.522. The molecule has 11 heteroatoms. The van der Waals surface area contributed by atoms with E-state index in [1.807, 2.05) is 11.2 Å². The van der Waals surface area contributed by atoms with Crippen molar-refractivity contribution in [3.63, 3.8) is 0 Å². The summed E-state index contributed by atoms with van der Waals surface area (Å²) in [7, 11) is -5.95. The Morgan fingerprint density at radius 3 is 2.41 bits per heavy atom. The van der Waals surface area contributed by atoms with Crippen LogP contribution in [0.5, 0.6) is 11.6 Å². The summed E-state index contributed by atoms with van der Waals surface area (Å²) in [6.45, 7) is 0.0821. The number of rotatable bonds is 5. The van der Waals surface area contributed by atoms with Crippen molar-refractivity contribution in [2.75, 3.05) is 0 Å². The monoisotopic (exact) mass is 400 g/mol. The molecule has 0 saturated carbocycles. The third kappa shape index (κ3) is 3.87. The lowest BCUT2D eigenvalue weighted by molar-refractivity contribution is -0.0501. The molecule has 1 heterocycles. The number of halogens is 3. The molecule has 1 aromatic heterocycles. The lowest BCUT2D eigenvalue weighted by Crippen LogP contribution is -2.29. The summed E-state index contributed by atoms with van der Waals surface area (Å²) in [5.41, 5.74) is -5.63. The van der Waals surface area contributed by atoms with Gasteiger partial charge >= 0.3 is 15.6 Å². The molecule has 0 spiro atoms. The van der Waals surface area contributed by atoms with E-state index in [4.69, 9.17) is 4.74 Å². The van der Waals surface area contributed by atoms with Gasteiger partial charge in [-0.15, -0.1) is 5.10 Å². The van der Waals surface area contributed by atoms with Gasteiger partial charge in [-0.2, -0.15) is 21.6 Å². The van der Waals surface area contributed by atoms with E-state index in [0.717, 1.165) is 5.56 Å². The van der Waals surface area contributed by atoms with Crippen LogP contribution in [0.1, 0.15) is 5.56 Å². The van der Waals surface area contributed by atoms with Crippen molar-refractivity contribution in [1.29, 1.82) is 0 Å². The Morgan fingerprint density at radius 1 is 1.04 bits per heavy atom. The molecule has 0 atom stereocenters. The first-order chi connectivity index (χ1) is 12.7. The maximum atomic E-state index is 12.5. The number of alkyl halides is 3. The zero-order chi connectivity index (χ0) is 19.7. The van der Waals surface area contributed by atoms with Gasteiger partial charge in [-0.25, -0.2) is 5.10 Å². The Hall–Kier alpha value is -3.08. The molecule has 3 aromatic rings. The molecule has 1 N–H and O–H groups in total. The predicted octanol–water partition coefficient (Wildman–Crippen LogP) is 2.73. The summed E-state index contributed by atoms with van der Waals surface area (Å²) >= 11 is 0. The minimum Gasteiger partial charge on any atom is -0.488 e. The zero-order valence-corrected chi connectivity index (χ0v) is 14.2. The molecule has 0 aliphatic heterocycles. The van der Waals surface area contributed by atoms with Gasteiger partial charge in [0.25, 0.3) is 11.4 Å². The van der Waals surface area contributed by atoms with Crippen molar-refractivity contribution >= 4 is 20.9 Å². The fourth-order valence-corrected chi connectivity index (χ4v) is 2.66. The van der Waals surface area contributed by atoms with Crippen LogP contribution in [0.15, 0.2) is 53.3 Å². The molecule has 2 aromatic carbocycles. The first-order valence-electron chi connectivity index (χ1n) is 7.38.